The van der Waals surface area contributed by atoms with Crippen LogP contribution in [-0.2, 0) is 0 Å². The average Bonchev–Trinajstić information content (AvgIpc) is 2.15. The highest BCUT2D eigenvalue weighted by Gasteiger charge is 2.08. The Hall–Kier alpha value is -1.16. The quantitative estimate of drug-likeness (QED) is 0.738. The van der Waals surface area contributed by atoms with E-state index in [9.17, 15) is 0 Å². The molecule has 1 heterocycles. The summed E-state index contributed by atoms with van der Waals surface area (Å²) < 4.78 is 0. The normalized spacial score (nSPS) is 12.6. The van der Waals surface area contributed by atoms with Crippen LogP contribution >= 0.6 is 0 Å². The first-order valence-corrected chi connectivity index (χ1v) is 4.36. The largest absolute Gasteiger partial charge is 0.356 e. The number of aromatic nitrogens is 2. The maximum atomic E-state index is 5.56. The molecule has 0 aliphatic carbocycles. The summed E-state index contributed by atoms with van der Waals surface area (Å²) in [6, 6.07) is 2.25. The monoisotopic (exact) mass is 180 g/mol. The molecule has 1 rings (SSSR count). The van der Waals surface area contributed by atoms with Gasteiger partial charge in [-0.05, 0) is 13.8 Å². The van der Waals surface area contributed by atoms with Gasteiger partial charge >= 0.3 is 0 Å². The Bertz CT molecular complexity index is 274. The first-order chi connectivity index (χ1) is 6.15. The van der Waals surface area contributed by atoms with E-state index in [0.29, 0.717) is 12.6 Å². The molecule has 1 unspecified atom stereocenters. The van der Waals surface area contributed by atoms with Crippen molar-refractivity contribution in [1.29, 1.82) is 0 Å². The molecule has 1 atom stereocenters. The van der Waals surface area contributed by atoms with Crippen molar-refractivity contribution in [2.24, 2.45) is 5.73 Å². The molecular weight excluding hydrogens is 164 g/mol. The Morgan fingerprint density at radius 1 is 1.54 bits per heavy atom. The van der Waals surface area contributed by atoms with E-state index >= 15 is 0 Å². The molecule has 0 saturated heterocycles. The fourth-order valence-electron chi connectivity index (χ4n) is 1.02. The molecule has 0 spiro atoms. The Morgan fingerprint density at radius 2 is 2.23 bits per heavy atom. The molecule has 4 nitrogen and oxygen atoms in total. The highest BCUT2D eigenvalue weighted by atomic mass is 15.2. The van der Waals surface area contributed by atoms with Gasteiger partial charge in [0.2, 0.25) is 0 Å². The number of nitrogens with zero attached hydrogens (tertiary/aromatic N) is 3. The van der Waals surface area contributed by atoms with Gasteiger partial charge < -0.3 is 10.6 Å². The van der Waals surface area contributed by atoms with E-state index in [2.05, 4.69) is 21.8 Å². The van der Waals surface area contributed by atoms with Crippen molar-refractivity contribution in [1.82, 2.24) is 9.97 Å². The van der Waals surface area contributed by atoms with E-state index in [0.717, 1.165) is 11.5 Å². The van der Waals surface area contributed by atoms with Crippen LogP contribution in [-0.4, -0.2) is 29.6 Å². The van der Waals surface area contributed by atoms with Crippen molar-refractivity contribution < 1.29 is 0 Å². The molecular formula is C9H16N4. The predicted octanol–water partition coefficient (Wildman–Crippen LogP) is 0.568. The van der Waals surface area contributed by atoms with Gasteiger partial charge in [0.15, 0.2) is 0 Å². The molecule has 1 aromatic rings. The summed E-state index contributed by atoms with van der Waals surface area (Å²) in [5.41, 5.74) is 6.54. The second kappa shape index (κ2) is 4.18. The van der Waals surface area contributed by atoms with Crippen LogP contribution in [0.3, 0.4) is 0 Å². The highest BCUT2D eigenvalue weighted by molar-refractivity contribution is 5.38. The molecule has 0 aliphatic heterocycles. The van der Waals surface area contributed by atoms with Crippen LogP contribution in [0.4, 0.5) is 5.82 Å². The number of likely N-dealkylation sites (N-methyl/N-ethyl adjacent to an activating group) is 1. The summed E-state index contributed by atoms with van der Waals surface area (Å²) in [6.45, 7) is 4.64. The highest BCUT2D eigenvalue weighted by Crippen LogP contribution is 2.10. The molecule has 2 N–H and O–H groups in total. The molecule has 72 valence electrons. The molecule has 0 amide bonds. The standard InChI is InChI=1S/C9H16N4/c1-7-4-9(12-6-11-7)13(3)8(2)5-10/h4,6,8H,5,10H2,1-3H3. The molecule has 0 saturated carbocycles. The predicted molar refractivity (Wildman–Crippen MR) is 53.7 cm³/mol. The van der Waals surface area contributed by atoms with Crippen molar-refractivity contribution >= 4 is 5.82 Å². The molecule has 0 fully saturated rings. The summed E-state index contributed by atoms with van der Waals surface area (Å²) in [5, 5.41) is 0. The van der Waals surface area contributed by atoms with Crippen molar-refractivity contribution in [3.8, 4) is 0 Å². The van der Waals surface area contributed by atoms with Crippen LogP contribution in [0.25, 0.3) is 0 Å². The fraction of sp³-hybridized carbons (Fsp3) is 0.556. The number of nitrogens with two attached hydrogens (primary N) is 1. The zero-order valence-electron chi connectivity index (χ0n) is 8.36. The van der Waals surface area contributed by atoms with E-state index < -0.39 is 0 Å². The van der Waals surface area contributed by atoms with Crippen LogP contribution in [0.2, 0.25) is 0 Å². The molecule has 0 radical (unpaired) electrons. The minimum atomic E-state index is 0.300. The van der Waals surface area contributed by atoms with Gasteiger partial charge in [0.05, 0.1) is 0 Å². The third-order valence-corrected chi connectivity index (χ3v) is 2.15. The summed E-state index contributed by atoms with van der Waals surface area (Å²) >= 11 is 0. The lowest BCUT2D eigenvalue weighted by atomic mass is 10.3. The molecule has 0 aliphatic rings. The van der Waals surface area contributed by atoms with Crippen LogP contribution in [0, 0.1) is 6.92 Å². The summed E-state index contributed by atoms with van der Waals surface area (Å²) in [5.74, 6) is 0.922. The van der Waals surface area contributed by atoms with Gasteiger partial charge in [-0.1, -0.05) is 0 Å². The Kier molecular flexibility index (Phi) is 3.19. The average molecular weight is 180 g/mol. The minimum Gasteiger partial charge on any atom is -0.356 e. The minimum absolute atomic E-state index is 0.300. The molecule has 0 aromatic carbocycles. The third kappa shape index (κ3) is 2.39. The maximum absolute atomic E-state index is 5.56. The van der Waals surface area contributed by atoms with E-state index in [1.807, 2.05) is 20.0 Å². The van der Waals surface area contributed by atoms with Crippen molar-refractivity contribution in [2.75, 3.05) is 18.5 Å². The van der Waals surface area contributed by atoms with Gasteiger partial charge in [0.25, 0.3) is 0 Å². The number of hydrogen-bond donors (Lipinski definition) is 1. The fourth-order valence-corrected chi connectivity index (χ4v) is 1.02. The maximum Gasteiger partial charge on any atom is 0.132 e. The zero-order valence-corrected chi connectivity index (χ0v) is 8.36. The number of anilines is 1. The van der Waals surface area contributed by atoms with E-state index in [4.69, 9.17) is 5.73 Å². The number of aryl methyl sites for hydroxylation is 1. The van der Waals surface area contributed by atoms with Gasteiger partial charge in [0, 0.05) is 31.4 Å². The van der Waals surface area contributed by atoms with Gasteiger partial charge in [-0.2, -0.15) is 0 Å². The van der Waals surface area contributed by atoms with Gasteiger partial charge in [-0.3, -0.25) is 0 Å². The topological polar surface area (TPSA) is 55.0 Å². The van der Waals surface area contributed by atoms with Crippen molar-refractivity contribution in [3.63, 3.8) is 0 Å². The lowest BCUT2D eigenvalue weighted by Crippen LogP contribution is -2.35. The van der Waals surface area contributed by atoms with E-state index in [1.165, 1.54) is 0 Å². The van der Waals surface area contributed by atoms with Crippen LogP contribution < -0.4 is 10.6 Å². The summed E-state index contributed by atoms with van der Waals surface area (Å²) in [7, 11) is 1.99. The Balaban J connectivity index is 2.82. The Labute approximate surface area is 78.8 Å². The summed E-state index contributed by atoms with van der Waals surface area (Å²) in [4.78, 5) is 10.3. The molecule has 0 bridgehead atoms. The number of hydrogen-bond acceptors (Lipinski definition) is 4. The van der Waals surface area contributed by atoms with Crippen LogP contribution in [0.15, 0.2) is 12.4 Å². The van der Waals surface area contributed by atoms with E-state index in [-0.39, 0.29) is 0 Å². The van der Waals surface area contributed by atoms with E-state index in [1.54, 1.807) is 6.33 Å². The SMILES string of the molecule is Cc1cc(N(C)C(C)CN)ncn1. The smallest absolute Gasteiger partial charge is 0.132 e. The van der Waals surface area contributed by atoms with Gasteiger partial charge in [-0.15, -0.1) is 0 Å². The third-order valence-electron chi connectivity index (χ3n) is 2.15. The summed E-state index contributed by atoms with van der Waals surface area (Å²) in [6.07, 6.45) is 1.57. The zero-order chi connectivity index (χ0) is 9.84. The van der Waals surface area contributed by atoms with Crippen molar-refractivity contribution in [3.05, 3.63) is 18.1 Å². The van der Waals surface area contributed by atoms with Crippen molar-refractivity contribution in [2.45, 2.75) is 19.9 Å². The lowest BCUT2D eigenvalue weighted by Gasteiger charge is -2.24. The molecule has 1 aromatic heterocycles. The van der Waals surface area contributed by atoms with Gasteiger partial charge in [0.1, 0.15) is 12.1 Å². The second-order valence-corrected chi connectivity index (χ2v) is 3.21. The first-order valence-electron chi connectivity index (χ1n) is 4.36. The number of rotatable bonds is 3. The second-order valence-electron chi connectivity index (χ2n) is 3.21. The van der Waals surface area contributed by atoms with Crippen LogP contribution in [0.5, 0.6) is 0 Å². The van der Waals surface area contributed by atoms with Crippen LogP contribution in [0.1, 0.15) is 12.6 Å². The molecule has 4 heteroatoms. The van der Waals surface area contributed by atoms with Gasteiger partial charge in [-0.25, -0.2) is 9.97 Å². The first kappa shape index (κ1) is 9.92. The Morgan fingerprint density at radius 3 is 2.77 bits per heavy atom. The molecule has 13 heavy (non-hydrogen) atoms. The lowest BCUT2D eigenvalue weighted by molar-refractivity contribution is 0.686.